The zero-order valence-electron chi connectivity index (χ0n) is 13.7. The van der Waals surface area contributed by atoms with Crippen LogP contribution in [-0.4, -0.2) is 30.6 Å². The Morgan fingerprint density at radius 2 is 1.76 bits per heavy atom. The van der Waals surface area contributed by atoms with Crippen LogP contribution in [0.25, 0.3) is 27.7 Å². The lowest BCUT2D eigenvalue weighted by Gasteiger charge is -2.18. The van der Waals surface area contributed by atoms with Crippen LogP contribution in [0, 0.1) is 0 Å². The van der Waals surface area contributed by atoms with E-state index in [9.17, 15) is 0 Å². The molecule has 0 unspecified atom stereocenters. The zero-order valence-corrected chi connectivity index (χ0v) is 13.7. The number of anilines is 1. The van der Waals surface area contributed by atoms with Crippen molar-refractivity contribution >= 4 is 22.5 Å². The second-order valence-electron chi connectivity index (χ2n) is 6.13. The van der Waals surface area contributed by atoms with Crippen LogP contribution in [0.4, 0.5) is 5.95 Å². The van der Waals surface area contributed by atoms with E-state index >= 15 is 0 Å². The summed E-state index contributed by atoms with van der Waals surface area (Å²) < 4.78 is 1.72. The van der Waals surface area contributed by atoms with Crippen molar-refractivity contribution in [3.05, 3.63) is 49.1 Å². The monoisotopic (exact) mass is 333 g/mol. The summed E-state index contributed by atoms with van der Waals surface area (Å²) in [6.45, 7) is 0. The summed E-state index contributed by atoms with van der Waals surface area (Å²) in [6.07, 6.45) is 10.9. The summed E-state index contributed by atoms with van der Waals surface area (Å²) in [6, 6.07) is 8.53. The Morgan fingerprint density at radius 1 is 1.00 bits per heavy atom. The Bertz CT molecular complexity index is 1020. The van der Waals surface area contributed by atoms with Crippen molar-refractivity contribution in [2.45, 2.75) is 25.3 Å². The molecule has 1 aliphatic rings. The second-order valence-corrected chi connectivity index (χ2v) is 6.13. The molecule has 5 rings (SSSR count). The van der Waals surface area contributed by atoms with Gasteiger partial charge in [-0.05, 0) is 36.6 Å². The average molecular weight is 333 g/mol. The number of aromatic nitrogens is 5. The van der Waals surface area contributed by atoms with E-state index in [2.05, 4.69) is 20.1 Å². The molecule has 7 heteroatoms. The molecule has 0 atom stereocenters. The zero-order chi connectivity index (χ0) is 17.2. The number of nitrogens with zero attached hydrogens (tertiary/aromatic N) is 5. The first-order chi connectivity index (χ1) is 12.2. The standard InChI is InChI=1S/C14H10N6.C4H9N/c15-14-18-8-13-10(3-6-20(13)19-14)9-1-2-11-12(7-9)17-5-4-16-11;5-4-2-1-3-4/h1-8H,(H2,15,19);4H,1-3,5H2. The van der Waals surface area contributed by atoms with E-state index in [0.717, 1.165) is 27.7 Å². The van der Waals surface area contributed by atoms with E-state index in [1.165, 1.54) is 19.3 Å². The molecule has 0 spiro atoms. The third-order valence-electron chi connectivity index (χ3n) is 4.36. The van der Waals surface area contributed by atoms with Gasteiger partial charge in [0, 0.05) is 30.2 Å². The molecule has 7 nitrogen and oxygen atoms in total. The third kappa shape index (κ3) is 3.14. The van der Waals surface area contributed by atoms with E-state index in [1.54, 1.807) is 23.1 Å². The molecule has 0 radical (unpaired) electrons. The predicted octanol–water partition coefficient (Wildman–Crippen LogP) is 2.42. The summed E-state index contributed by atoms with van der Waals surface area (Å²) in [5.74, 6) is 0.254. The molecule has 4 aromatic rings. The highest BCUT2D eigenvalue weighted by molar-refractivity contribution is 5.86. The molecular formula is C18H19N7. The first-order valence-electron chi connectivity index (χ1n) is 8.27. The first-order valence-corrected chi connectivity index (χ1v) is 8.27. The van der Waals surface area contributed by atoms with Crippen LogP contribution in [0.3, 0.4) is 0 Å². The van der Waals surface area contributed by atoms with Crippen molar-refractivity contribution < 1.29 is 0 Å². The Labute approximate surface area is 144 Å². The molecule has 4 N–H and O–H groups in total. The fourth-order valence-corrected chi connectivity index (χ4v) is 2.73. The topological polar surface area (TPSA) is 108 Å². The lowest BCUT2D eigenvalue weighted by molar-refractivity contribution is 0.418. The fraction of sp³-hybridized carbons (Fsp3) is 0.222. The highest BCUT2D eigenvalue weighted by atomic mass is 15.3. The van der Waals surface area contributed by atoms with E-state index in [1.807, 2.05) is 30.5 Å². The highest BCUT2D eigenvalue weighted by Crippen LogP contribution is 2.27. The van der Waals surface area contributed by atoms with Crippen LogP contribution in [0.2, 0.25) is 0 Å². The first kappa shape index (κ1) is 15.5. The van der Waals surface area contributed by atoms with Crippen molar-refractivity contribution in [2.75, 3.05) is 5.73 Å². The smallest absolute Gasteiger partial charge is 0.238 e. The molecule has 1 saturated carbocycles. The van der Waals surface area contributed by atoms with E-state index < -0.39 is 0 Å². The molecule has 1 aromatic carbocycles. The minimum atomic E-state index is 0.254. The molecule has 126 valence electrons. The third-order valence-corrected chi connectivity index (χ3v) is 4.36. The largest absolute Gasteiger partial charge is 0.367 e. The van der Waals surface area contributed by atoms with Crippen LogP contribution < -0.4 is 11.5 Å². The average Bonchev–Trinajstić information content (AvgIpc) is 3.03. The maximum Gasteiger partial charge on any atom is 0.238 e. The molecule has 25 heavy (non-hydrogen) atoms. The van der Waals surface area contributed by atoms with E-state index in [-0.39, 0.29) is 5.95 Å². The number of hydrogen-bond donors (Lipinski definition) is 2. The van der Waals surface area contributed by atoms with Gasteiger partial charge in [-0.15, -0.1) is 5.10 Å². The molecule has 0 bridgehead atoms. The number of fused-ring (bicyclic) bond motifs is 2. The van der Waals surface area contributed by atoms with Gasteiger partial charge in [-0.25, -0.2) is 9.50 Å². The van der Waals surface area contributed by atoms with Crippen molar-refractivity contribution in [2.24, 2.45) is 5.73 Å². The second kappa shape index (κ2) is 6.45. The summed E-state index contributed by atoms with van der Waals surface area (Å²) in [4.78, 5) is 12.6. The van der Waals surface area contributed by atoms with E-state index in [0.29, 0.717) is 6.04 Å². The van der Waals surface area contributed by atoms with Gasteiger partial charge in [0.15, 0.2) is 0 Å². The number of benzene rings is 1. The van der Waals surface area contributed by atoms with Crippen molar-refractivity contribution in [3.63, 3.8) is 0 Å². The molecule has 0 amide bonds. The van der Waals surface area contributed by atoms with Gasteiger partial charge in [0.1, 0.15) is 0 Å². The Kier molecular flexibility index (Phi) is 3.99. The summed E-state index contributed by atoms with van der Waals surface area (Å²) in [7, 11) is 0. The van der Waals surface area contributed by atoms with Crippen LogP contribution in [-0.2, 0) is 0 Å². The van der Waals surface area contributed by atoms with Crippen LogP contribution in [0.1, 0.15) is 19.3 Å². The fourth-order valence-electron chi connectivity index (χ4n) is 2.73. The van der Waals surface area contributed by atoms with Gasteiger partial charge >= 0.3 is 0 Å². The molecule has 1 fully saturated rings. The Morgan fingerprint density at radius 3 is 2.48 bits per heavy atom. The lowest BCUT2D eigenvalue weighted by atomic mass is 9.95. The van der Waals surface area contributed by atoms with Crippen molar-refractivity contribution in [1.82, 2.24) is 24.6 Å². The molecule has 1 aliphatic carbocycles. The normalized spacial score (nSPS) is 14.1. The molecule has 3 heterocycles. The van der Waals surface area contributed by atoms with Crippen LogP contribution >= 0.6 is 0 Å². The van der Waals surface area contributed by atoms with Gasteiger partial charge in [0.05, 0.1) is 22.7 Å². The summed E-state index contributed by atoms with van der Waals surface area (Å²) in [5, 5.41) is 4.14. The van der Waals surface area contributed by atoms with Gasteiger partial charge in [0.25, 0.3) is 0 Å². The highest BCUT2D eigenvalue weighted by Gasteiger charge is 2.10. The maximum absolute atomic E-state index is 5.58. The minimum Gasteiger partial charge on any atom is -0.367 e. The molecule has 3 aromatic heterocycles. The molecule has 0 aliphatic heterocycles. The van der Waals surface area contributed by atoms with Gasteiger partial charge in [-0.1, -0.05) is 12.5 Å². The maximum atomic E-state index is 5.58. The minimum absolute atomic E-state index is 0.254. The van der Waals surface area contributed by atoms with Crippen molar-refractivity contribution in [3.8, 4) is 11.1 Å². The Hall–Kier alpha value is -3.06. The van der Waals surface area contributed by atoms with Gasteiger partial charge < -0.3 is 11.5 Å². The number of nitrogen functional groups attached to an aromatic ring is 1. The summed E-state index contributed by atoms with van der Waals surface area (Å²) >= 11 is 0. The number of hydrogen-bond acceptors (Lipinski definition) is 6. The quantitative estimate of drug-likeness (QED) is 0.554. The van der Waals surface area contributed by atoms with E-state index in [4.69, 9.17) is 11.5 Å². The van der Waals surface area contributed by atoms with Gasteiger partial charge in [-0.3, -0.25) is 9.97 Å². The van der Waals surface area contributed by atoms with Gasteiger partial charge in [-0.2, -0.15) is 0 Å². The SMILES string of the molecule is NC1CCC1.Nc1ncc2c(-c3ccc4nccnc4c3)ccn2n1. The summed E-state index contributed by atoms with van der Waals surface area (Å²) in [5.41, 5.74) is 15.7. The van der Waals surface area contributed by atoms with Crippen LogP contribution in [0.5, 0.6) is 0 Å². The molecule has 0 saturated heterocycles. The number of nitrogens with two attached hydrogens (primary N) is 2. The van der Waals surface area contributed by atoms with Gasteiger partial charge in [0.2, 0.25) is 5.95 Å². The van der Waals surface area contributed by atoms with Crippen LogP contribution in [0.15, 0.2) is 49.1 Å². The Balaban J connectivity index is 0.000000272. The number of rotatable bonds is 1. The predicted molar refractivity (Wildman–Crippen MR) is 97.8 cm³/mol. The van der Waals surface area contributed by atoms with Crippen molar-refractivity contribution in [1.29, 1.82) is 0 Å². The lowest BCUT2D eigenvalue weighted by Crippen LogP contribution is -2.27. The molecular weight excluding hydrogens is 314 g/mol.